The minimum absolute atomic E-state index is 0. The first-order chi connectivity index (χ1) is 17.5. The summed E-state index contributed by atoms with van der Waals surface area (Å²) in [6.07, 6.45) is 4.43. The van der Waals surface area contributed by atoms with Crippen LogP contribution in [0.25, 0.3) is 0 Å². The second kappa shape index (κ2) is 14.6. The van der Waals surface area contributed by atoms with Crippen molar-refractivity contribution < 1.29 is 22.4 Å². The van der Waals surface area contributed by atoms with Crippen molar-refractivity contribution in [2.24, 2.45) is 0 Å². The minimum Gasteiger partial charge on any atom is -0.479 e. The van der Waals surface area contributed by atoms with Crippen LogP contribution in [-0.2, 0) is 22.4 Å². The average Bonchev–Trinajstić information content (AvgIpc) is 3.34. The van der Waals surface area contributed by atoms with Gasteiger partial charge in [0.25, 0.3) is 0 Å². The molecule has 1 heterocycles. The number of nitrogens with zero attached hydrogens (tertiary/aromatic N) is 2. The van der Waals surface area contributed by atoms with Gasteiger partial charge in [-0.2, -0.15) is 35.9 Å². The van der Waals surface area contributed by atoms with Crippen LogP contribution in [-0.4, -0.2) is 0 Å². The van der Waals surface area contributed by atoms with Crippen molar-refractivity contribution in [3.8, 4) is 0 Å². The first kappa shape index (κ1) is 32.5. The van der Waals surface area contributed by atoms with E-state index in [-0.39, 0.29) is 22.4 Å². The van der Waals surface area contributed by atoms with Crippen molar-refractivity contribution in [2.75, 3.05) is 9.80 Å². The number of halogens is 2. The quantitative estimate of drug-likeness (QED) is 0.184. The third-order valence-electron chi connectivity index (χ3n) is 6.60. The van der Waals surface area contributed by atoms with Gasteiger partial charge >= 0.3 is 0 Å². The van der Waals surface area contributed by atoms with E-state index < -0.39 is 0 Å². The van der Waals surface area contributed by atoms with E-state index in [9.17, 15) is 0 Å². The van der Waals surface area contributed by atoms with Crippen LogP contribution in [0.3, 0.4) is 0 Å². The van der Waals surface area contributed by atoms with Crippen LogP contribution in [0.1, 0.15) is 101 Å². The summed E-state index contributed by atoms with van der Waals surface area (Å²) in [6, 6.07) is 21.3. The zero-order valence-corrected chi connectivity index (χ0v) is 27.4. The molecule has 0 bridgehead atoms. The first-order valence-electron chi connectivity index (χ1n) is 13.2. The van der Waals surface area contributed by atoms with Gasteiger partial charge < -0.3 is 9.80 Å². The summed E-state index contributed by atoms with van der Waals surface area (Å²) in [5, 5.41) is 1.12. The molecule has 0 saturated carbocycles. The molecule has 1 radical (unpaired) electrons. The maximum atomic E-state index is 5.56. The zero-order valence-electron chi connectivity index (χ0n) is 23.7. The first-order valence-corrected chi connectivity index (χ1v) is 13.9. The van der Waals surface area contributed by atoms with Crippen molar-refractivity contribution in [1.82, 2.24) is 0 Å². The van der Waals surface area contributed by atoms with Gasteiger partial charge in [0.1, 0.15) is 0 Å². The molecule has 3 aromatic rings. The Hall–Kier alpha value is -1.68. The Bertz CT molecular complexity index is 1070. The third-order valence-corrected chi connectivity index (χ3v) is 7.34. The van der Waals surface area contributed by atoms with Crippen molar-refractivity contribution in [3.63, 3.8) is 0 Å². The maximum Gasteiger partial charge on any atom is 0.0195 e. The van der Waals surface area contributed by atoms with E-state index in [2.05, 4.69) is 127 Å². The van der Waals surface area contributed by atoms with Crippen molar-refractivity contribution in [2.45, 2.75) is 79.1 Å². The second-order valence-electron chi connectivity index (χ2n) is 10.8. The Balaban J connectivity index is 0.000000482. The molecule has 1 aliphatic heterocycles. The summed E-state index contributed by atoms with van der Waals surface area (Å²) in [5.41, 5.74) is 8.29. The normalized spacial score (nSPS) is 12.9. The minimum atomic E-state index is 0. The van der Waals surface area contributed by atoms with Gasteiger partial charge in [-0.05, 0) is 58.3 Å². The number of anilines is 2. The molecular weight excluding hydrogens is 692 g/mol. The molecule has 0 aromatic heterocycles. The summed E-state index contributed by atoms with van der Waals surface area (Å²) < 4.78 is 0. The Kier molecular flexibility index (Phi) is 12.5. The smallest absolute Gasteiger partial charge is 0.0195 e. The van der Waals surface area contributed by atoms with Gasteiger partial charge in [-0.3, -0.25) is 0 Å². The molecule has 2 nitrogen and oxygen atoms in total. The number of rotatable bonds is 6. The zero-order chi connectivity index (χ0) is 27.3. The molecule has 5 heteroatoms. The molecule has 3 aromatic carbocycles. The second-order valence-corrected chi connectivity index (χ2v) is 11.6. The average molecular weight is 733 g/mol. The van der Waals surface area contributed by atoms with Gasteiger partial charge in [-0.25, -0.2) is 0 Å². The topological polar surface area (TPSA) is 6.48 Å². The molecule has 0 unspecified atom stereocenters. The largest absolute Gasteiger partial charge is 0.479 e. The SMILES string of the molecule is CC(C)c1cccc(C(C)C)c1N1C=CN(c2c(C(C)C)cccc2C(C)C)[CH-]1.Clc1c[c-]ccc1Cl.[Au]. The van der Waals surface area contributed by atoms with E-state index in [0.29, 0.717) is 33.7 Å². The molecular formula is C33H40AuCl2N2-2. The number of para-hydroxylation sites is 2. The molecule has 0 N–H and O–H groups in total. The predicted octanol–water partition coefficient (Wildman–Crippen LogP) is 10.9. The summed E-state index contributed by atoms with van der Waals surface area (Å²) in [5.74, 6) is 1.92. The molecule has 0 aliphatic carbocycles. The van der Waals surface area contributed by atoms with Crippen LogP contribution in [0.5, 0.6) is 0 Å². The van der Waals surface area contributed by atoms with Crippen molar-refractivity contribution >= 4 is 34.6 Å². The van der Waals surface area contributed by atoms with Crippen molar-refractivity contribution in [1.29, 1.82) is 0 Å². The Labute approximate surface area is 256 Å². The van der Waals surface area contributed by atoms with E-state index in [0.717, 1.165) is 0 Å². The van der Waals surface area contributed by atoms with E-state index >= 15 is 0 Å². The molecule has 4 rings (SSSR count). The van der Waals surface area contributed by atoms with Gasteiger partial charge in [0.2, 0.25) is 0 Å². The fourth-order valence-corrected chi connectivity index (χ4v) is 4.87. The van der Waals surface area contributed by atoms with Crippen LogP contribution in [0, 0.1) is 12.7 Å². The number of benzene rings is 3. The van der Waals surface area contributed by atoms with Gasteiger partial charge in [-0.15, -0.1) is 18.3 Å². The van der Waals surface area contributed by atoms with Crippen LogP contribution in [0.2, 0.25) is 10.0 Å². The van der Waals surface area contributed by atoms with Crippen molar-refractivity contribution in [3.05, 3.63) is 112 Å². The maximum absolute atomic E-state index is 5.56. The van der Waals surface area contributed by atoms with E-state index in [1.807, 2.05) is 0 Å². The fourth-order valence-electron chi connectivity index (χ4n) is 4.63. The van der Waals surface area contributed by atoms with E-state index in [1.165, 1.54) is 33.6 Å². The number of hydrogen-bond acceptors (Lipinski definition) is 2. The molecule has 0 fully saturated rings. The Morgan fingerprint density at radius 3 is 1.24 bits per heavy atom. The summed E-state index contributed by atoms with van der Waals surface area (Å²) in [7, 11) is 0. The summed E-state index contributed by atoms with van der Waals surface area (Å²) >= 11 is 11.1. The van der Waals surface area contributed by atoms with E-state index in [1.54, 1.807) is 18.2 Å². The van der Waals surface area contributed by atoms with Gasteiger partial charge in [0.05, 0.1) is 0 Å². The van der Waals surface area contributed by atoms with Gasteiger partial charge in [0, 0.05) is 33.8 Å². The van der Waals surface area contributed by atoms with Crippen LogP contribution < -0.4 is 9.80 Å². The molecule has 0 spiro atoms. The van der Waals surface area contributed by atoms with Crippen LogP contribution in [0.15, 0.2) is 67.0 Å². The molecule has 38 heavy (non-hydrogen) atoms. The Morgan fingerprint density at radius 2 is 0.974 bits per heavy atom. The number of hydrogen-bond donors (Lipinski definition) is 0. The van der Waals surface area contributed by atoms with Crippen LogP contribution >= 0.6 is 23.2 Å². The molecule has 1 aliphatic rings. The predicted molar refractivity (Wildman–Crippen MR) is 163 cm³/mol. The van der Waals surface area contributed by atoms with Gasteiger partial charge in [-0.1, -0.05) is 102 Å². The van der Waals surface area contributed by atoms with Gasteiger partial charge in [0.15, 0.2) is 0 Å². The van der Waals surface area contributed by atoms with E-state index in [4.69, 9.17) is 23.2 Å². The summed E-state index contributed by atoms with van der Waals surface area (Å²) in [4.78, 5) is 4.65. The molecule has 0 atom stereocenters. The fraction of sp³-hybridized carbons (Fsp3) is 0.364. The standard InChI is InChI=1S/C27H37N2.C6H3Cl2.Au/c1-18(2)22-11-9-12-23(19(3)4)26(22)28-15-16-29(17-28)27-24(20(5)6)13-10-14-25(27)21(7)8;7-5-3-1-2-4-6(5)8;/h9-21H,1-8H3;1,3-4H;/q2*-1;. The third kappa shape index (κ3) is 7.71. The summed E-state index contributed by atoms with van der Waals surface area (Å²) in [6.45, 7) is 20.5. The molecule has 0 saturated heterocycles. The molecule has 0 amide bonds. The monoisotopic (exact) mass is 731 g/mol. The van der Waals surface area contributed by atoms with Crippen LogP contribution in [0.4, 0.5) is 11.4 Å². The molecule has 209 valence electrons. The Morgan fingerprint density at radius 1 is 0.605 bits per heavy atom.